The molecule has 1 heterocycles. The predicted molar refractivity (Wildman–Crippen MR) is 100.0 cm³/mol. The maximum Gasteiger partial charge on any atom is 0.495 e. The molecule has 0 unspecified atom stereocenters. The Morgan fingerprint density at radius 2 is 1.72 bits per heavy atom. The molecule has 0 aliphatic carbocycles. The summed E-state index contributed by atoms with van der Waals surface area (Å²) >= 11 is 0. The fraction of sp³-hybridized carbons (Fsp3) is 0.632. The first-order valence-electron chi connectivity index (χ1n) is 8.73. The highest BCUT2D eigenvalue weighted by molar-refractivity contribution is 6.62. The third-order valence-electron chi connectivity index (χ3n) is 4.82. The van der Waals surface area contributed by atoms with Crippen molar-refractivity contribution < 1.29 is 18.8 Å². The summed E-state index contributed by atoms with van der Waals surface area (Å²) in [5.74, 6) is 0. The van der Waals surface area contributed by atoms with E-state index in [-0.39, 0.29) is 11.2 Å². The van der Waals surface area contributed by atoms with Gasteiger partial charge in [-0.2, -0.15) is 0 Å². The molecule has 1 fully saturated rings. The first-order valence-corrected chi connectivity index (χ1v) is 8.73. The van der Waals surface area contributed by atoms with E-state index in [1.807, 2.05) is 73.6 Å². The number of rotatable bonds is 3. The average Bonchev–Trinajstić information content (AvgIpc) is 2.64. The van der Waals surface area contributed by atoms with E-state index >= 15 is 0 Å². The Bertz CT molecular complexity index is 633. The second-order valence-electron chi connectivity index (χ2n) is 8.58. The molecule has 1 N–H and O–H groups in total. The molecule has 6 heteroatoms. The van der Waals surface area contributed by atoms with Crippen molar-refractivity contribution in [2.24, 2.45) is 0 Å². The molecule has 0 aromatic heterocycles. The third kappa shape index (κ3) is 4.56. The summed E-state index contributed by atoms with van der Waals surface area (Å²) in [5.41, 5.74) is 1.78. The highest BCUT2D eigenvalue weighted by Crippen LogP contribution is 2.36. The van der Waals surface area contributed by atoms with Crippen molar-refractivity contribution in [3.63, 3.8) is 0 Å². The zero-order chi connectivity index (χ0) is 19.0. The minimum atomic E-state index is -0.510. The van der Waals surface area contributed by atoms with Gasteiger partial charge in [0.25, 0.3) is 0 Å². The molecule has 138 valence electrons. The predicted octanol–water partition coefficient (Wildman–Crippen LogP) is 3.32. The van der Waals surface area contributed by atoms with Crippen molar-refractivity contribution in [2.45, 2.75) is 78.7 Å². The van der Waals surface area contributed by atoms with Crippen LogP contribution in [-0.2, 0) is 20.6 Å². The quantitative estimate of drug-likeness (QED) is 0.853. The summed E-state index contributed by atoms with van der Waals surface area (Å²) in [5, 5.41) is 2.80. The number of nitrogens with one attached hydrogen (secondary N) is 1. The molecule has 0 atom stereocenters. The van der Waals surface area contributed by atoms with Gasteiger partial charge in [-0.1, -0.05) is 18.2 Å². The van der Waals surface area contributed by atoms with Crippen LogP contribution in [0.15, 0.2) is 18.2 Å². The molecule has 0 bridgehead atoms. The normalized spacial score (nSPS) is 19.0. The van der Waals surface area contributed by atoms with E-state index in [0.29, 0.717) is 6.54 Å². The zero-order valence-electron chi connectivity index (χ0n) is 16.6. The molecule has 1 aromatic rings. The van der Waals surface area contributed by atoms with E-state index in [2.05, 4.69) is 5.32 Å². The second-order valence-corrected chi connectivity index (χ2v) is 8.58. The van der Waals surface area contributed by atoms with E-state index < -0.39 is 18.8 Å². The SMILES string of the molecule is Cc1c(CNC(=O)OC(C)(C)C)cccc1B1OC(C)(C)C(C)(C)O1. The molecular weight excluding hydrogens is 317 g/mol. The van der Waals surface area contributed by atoms with Gasteiger partial charge < -0.3 is 19.4 Å². The number of carbonyl (C=O) groups excluding carboxylic acids is 1. The van der Waals surface area contributed by atoms with Crippen LogP contribution in [0.4, 0.5) is 4.79 Å². The molecule has 25 heavy (non-hydrogen) atoms. The molecule has 1 saturated heterocycles. The molecule has 0 spiro atoms. The highest BCUT2D eigenvalue weighted by atomic mass is 16.7. The summed E-state index contributed by atoms with van der Waals surface area (Å²) in [6.45, 7) is 16.1. The van der Waals surface area contributed by atoms with Gasteiger partial charge in [0.15, 0.2) is 0 Å². The van der Waals surface area contributed by atoms with Crippen molar-refractivity contribution in [3.8, 4) is 0 Å². The number of hydrogen-bond donors (Lipinski definition) is 1. The molecule has 5 nitrogen and oxygen atoms in total. The standard InChI is InChI=1S/C19H30BNO4/c1-13-14(12-21-16(22)23-17(2,3)4)10-9-11-15(13)20-24-18(5,6)19(7,8)25-20/h9-11H,12H2,1-8H3,(H,21,22). The van der Waals surface area contributed by atoms with Crippen LogP contribution in [0.25, 0.3) is 0 Å². The molecular formula is C19H30BNO4. The van der Waals surface area contributed by atoms with Gasteiger partial charge in [-0.25, -0.2) is 4.79 Å². The molecule has 1 aliphatic rings. The number of benzene rings is 1. The van der Waals surface area contributed by atoms with Crippen LogP contribution in [-0.4, -0.2) is 30.0 Å². The van der Waals surface area contributed by atoms with Crippen LogP contribution >= 0.6 is 0 Å². The Kier molecular flexibility index (Phi) is 5.27. The lowest BCUT2D eigenvalue weighted by Crippen LogP contribution is -2.41. The van der Waals surface area contributed by atoms with E-state index in [9.17, 15) is 4.79 Å². The van der Waals surface area contributed by atoms with E-state index in [4.69, 9.17) is 14.0 Å². The van der Waals surface area contributed by atoms with Crippen molar-refractivity contribution in [1.82, 2.24) is 5.32 Å². The van der Waals surface area contributed by atoms with Gasteiger partial charge in [0.2, 0.25) is 0 Å². The minimum absolute atomic E-state index is 0.380. The third-order valence-corrected chi connectivity index (χ3v) is 4.82. The molecule has 2 rings (SSSR count). The summed E-state index contributed by atoms with van der Waals surface area (Å²) in [7, 11) is -0.411. The van der Waals surface area contributed by atoms with Crippen molar-refractivity contribution in [1.29, 1.82) is 0 Å². The minimum Gasteiger partial charge on any atom is -0.444 e. The number of amides is 1. The van der Waals surface area contributed by atoms with E-state index in [1.165, 1.54) is 0 Å². The Morgan fingerprint density at radius 3 is 2.24 bits per heavy atom. The Balaban J connectivity index is 2.12. The lowest BCUT2D eigenvalue weighted by Gasteiger charge is -2.32. The maximum absolute atomic E-state index is 11.9. The van der Waals surface area contributed by atoms with Gasteiger partial charge in [0, 0.05) is 6.54 Å². The van der Waals surface area contributed by atoms with Crippen LogP contribution in [0.2, 0.25) is 0 Å². The second kappa shape index (κ2) is 6.65. The summed E-state index contributed by atoms with van der Waals surface area (Å²) in [6.07, 6.45) is -0.423. The van der Waals surface area contributed by atoms with Crippen molar-refractivity contribution >= 4 is 18.7 Å². The first kappa shape index (κ1) is 19.8. The number of hydrogen-bond acceptors (Lipinski definition) is 4. The molecule has 0 saturated carbocycles. The van der Waals surface area contributed by atoms with E-state index in [1.54, 1.807) is 0 Å². The Hall–Kier alpha value is -1.53. The van der Waals surface area contributed by atoms with Crippen molar-refractivity contribution in [2.75, 3.05) is 0 Å². The van der Waals surface area contributed by atoms with Gasteiger partial charge in [0.1, 0.15) is 5.60 Å². The zero-order valence-corrected chi connectivity index (χ0v) is 16.6. The fourth-order valence-corrected chi connectivity index (χ4v) is 2.60. The molecule has 0 radical (unpaired) electrons. The monoisotopic (exact) mass is 347 g/mol. The summed E-state index contributed by atoms with van der Waals surface area (Å²) in [4.78, 5) is 11.9. The largest absolute Gasteiger partial charge is 0.495 e. The smallest absolute Gasteiger partial charge is 0.444 e. The van der Waals surface area contributed by atoms with Gasteiger partial charge in [-0.05, 0) is 72.0 Å². The van der Waals surface area contributed by atoms with Crippen LogP contribution in [0.3, 0.4) is 0 Å². The topological polar surface area (TPSA) is 56.8 Å². The average molecular weight is 347 g/mol. The maximum atomic E-state index is 11.9. The van der Waals surface area contributed by atoms with Gasteiger partial charge in [0.05, 0.1) is 11.2 Å². The van der Waals surface area contributed by atoms with Crippen LogP contribution < -0.4 is 10.8 Å². The number of ether oxygens (including phenoxy) is 1. The van der Waals surface area contributed by atoms with Crippen LogP contribution in [0.5, 0.6) is 0 Å². The van der Waals surface area contributed by atoms with Gasteiger partial charge in [-0.15, -0.1) is 0 Å². The number of alkyl carbamates (subject to hydrolysis) is 1. The van der Waals surface area contributed by atoms with E-state index in [0.717, 1.165) is 16.6 Å². The lowest BCUT2D eigenvalue weighted by atomic mass is 9.75. The van der Waals surface area contributed by atoms with Crippen LogP contribution in [0.1, 0.15) is 59.6 Å². The molecule has 1 aliphatic heterocycles. The lowest BCUT2D eigenvalue weighted by molar-refractivity contribution is 0.00578. The number of carbonyl (C=O) groups is 1. The Labute approximate surface area is 151 Å². The fourth-order valence-electron chi connectivity index (χ4n) is 2.60. The molecule has 1 aromatic carbocycles. The highest BCUT2D eigenvalue weighted by Gasteiger charge is 2.52. The van der Waals surface area contributed by atoms with Crippen molar-refractivity contribution in [3.05, 3.63) is 29.3 Å². The van der Waals surface area contributed by atoms with Gasteiger partial charge >= 0.3 is 13.2 Å². The van der Waals surface area contributed by atoms with Crippen LogP contribution in [0, 0.1) is 6.92 Å². The van der Waals surface area contributed by atoms with Gasteiger partial charge in [-0.3, -0.25) is 0 Å². The first-order chi connectivity index (χ1) is 11.3. The molecule has 1 amide bonds. The summed E-state index contributed by atoms with van der Waals surface area (Å²) < 4.78 is 17.6. The Morgan fingerprint density at radius 1 is 1.16 bits per heavy atom. The summed E-state index contributed by atoms with van der Waals surface area (Å²) in [6, 6.07) is 5.95.